The molecule has 1 aromatic heterocycles. The fourth-order valence-corrected chi connectivity index (χ4v) is 2.79. The number of hydrogen-bond donors (Lipinski definition) is 2. The van der Waals surface area contributed by atoms with Crippen molar-refractivity contribution in [1.29, 1.82) is 0 Å². The topological polar surface area (TPSA) is 55.8 Å². The SMILES string of the molecule is CCN1CCN(C(C)CNC(=NC)NCc2ccccn2)CC1.I. The maximum Gasteiger partial charge on any atom is 0.191 e. The van der Waals surface area contributed by atoms with E-state index in [-0.39, 0.29) is 24.0 Å². The lowest BCUT2D eigenvalue weighted by Crippen LogP contribution is -2.53. The monoisotopic (exact) mass is 446 g/mol. The molecule has 7 heteroatoms. The van der Waals surface area contributed by atoms with Crippen LogP contribution in [0.5, 0.6) is 0 Å². The number of aromatic nitrogens is 1. The predicted molar refractivity (Wildman–Crippen MR) is 111 cm³/mol. The Bertz CT molecular complexity index is 473. The summed E-state index contributed by atoms with van der Waals surface area (Å²) in [5, 5.41) is 6.73. The third-order valence-electron chi connectivity index (χ3n) is 4.43. The highest BCUT2D eigenvalue weighted by Gasteiger charge is 2.20. The van der Waals surface area contributed by atoms with Crippen molar-refractivity contribution in [3.8, 4) is 0 Å². The number of pyridine rings is 1. The summed E-state index contributed by atoms with van der Waals surface area (Å²) in [7, 11) is 1.80. The minimum absolute atomic E-state index is 0. The van der Waals surface area contributed by atoms with Crippen LogP contribution in [0.15, 0.2) is 29.4 Å². The van der Waals surface area contributed by atoms with Crippen molar-refractivity contribution in [3.63, 3.8) is 0 Å². The molecule has 2 N–H and O–H groups in total. The summed E-state index contributed by atoms with van der Waals surface area (Å²) >= 11 is 0. The molecule has 2 heterocycles. The summed E-state index contributed by atoms with van der Waals surface area (Å²) in [6, 6.07) is 6.44. The van der Waals surface area contributed by atoms with Gasteiger partial charge in [-0.25, -0.2) is 0 Å². The molecule has 1 fully saturated rings. The van der Waals surface area contributed by atoms with Gasteiger partial charge in [0.2, 0.25) is 0 Å². The van der Waals surface area contributed by atoms with Gasteiger partial charge in [0.05, 0.1) is 12.2 Å². The lowest BCUT2D eigenvalue weighted by Gasteiger charge is -2.37. The lowest BCUT2D eigenvalue weighted by atomic mass is 10.2. The summed E-state index contributed by atoms with van der Waals surface area (Å²) in [6.45, 7) is 11.9. The van der Waals surface area contributed by atoms with Crippen LogP contribution >= 0.6 is 24.0 Å². The smallest absolute Gasteiger partial charge is 0.191 e. The van der Waals surface area contributed by atoms with Gasteiger partial charge in [-0.05, 0) is 25.6 Å². The first-order chi connectivity index (χ1) is 11.2. The Morgan fingerprint density at radius 1 is 1.25 bits per heavy atom. The highest BCUT2D eigenvalue weighted by atomic mass is 127. The summed E-state index contributed by atoms with van der Waals surface area (Å²) < 4.78 is 0. The number of halogens is 1. The van der Waals surface area contributed by atoms with Gasteiger partial charge >= 0.3 is 0 Å². The number of hydrogen-bond acceptors (Lipinski definition) is 4. The van der Waals surface area contributed by atoms with Gasteiger partial charge in [-0.3, -0.25) is 14.9 Å². The highest BCUT2D eigenvalue weighted by molar-refractivity contribution is 14.0. The second-order valence-corrected chi connectivity index (χ2v) is 5.95. The van der Waals surface area contributed by atoms with Crippen LogP contribution in [0.2, 0.25) is 0 Å². The molecule has 0 bridgehead atoms. The van der Waals surface area contributed by atoms with Gasteiger partial charge in [-0.1, -0.05) is 13.0 Å². The molecule has 0 radical (unpaired) electrons. The largest absolute Gasteiger partial charge is 0.355 e. The van der Waals surface area contributed by atoms with Crippen LogP contribution in [0.4, 0.5) is 0 Å². The molecule has 1 atom stereocenters. The fraction of sp³-hybridized carbons (Fsp3) is 0.647. The first-order valence-electron chi connectivity index (χ1n) is 8.53. The van der Waals surface area contributed by atoms with E-state index in [1.54, 1.807) is 7.05 Å². The van der Waals surface area contributed by atoms with Crippen molar-refractivity contribution >= 4 is 29.9 Å². The van der Waals surface area contributed by atoms with Gasteiger partial charge in [-0.2, -0.15) is 0 Å². The molecule has 0 aliphatic carbocycles. The molecule has 1 saturated heterocycles. The van der Waals surface area contributed by atoms with Crippen molar-refractivity contribution in [1.82, 2.24) is 25.4 Å². The Kier molecular flexibility index (Phi) is 10.2. The average molecular weight is 446 g/mol. The molecule has 1 aliphatic heterocycles. The van der Waals surface area contributed by atoms with E-state index in [1.807, 2.05) is 24.4 Å². The molecule has 6 nitrogen and oxygen atoms in total. The zero-order valence-corrected chi connectivity index (χ0v) is 17.4. The number of aliphatic imine (C=N–C) groups is 1. The van der Waals surface area contributed by atoms with Crippen molar-refractivity contribution in [2.75, 3.05) is 46.3 Å². The molecular formula is C17H31IN6. The maximum atomic E-state index is 4.31. The van der Waals surface area contributed by atoms with Gasteiger partial charge in [0.15, 0.2) is 5.96 Å². The molecule has 136 valence electrons. The summed E-state index contributed by atoms with van der Waals surface area (Å²) in [5.41, 5.74) is 1.01. The Labute approximate surface area is 163 Å². The lowest BCUT2D eigenvalue weighted by molar-refractivity contribution is 0.107. The standard InChI is InChI=1S/C17H30N6.HI/c1-4-22-9-11-23(12-10-22)15(2)13-20-17(18-3)21-14-16-7-5-6-8-19-16;/h5-8,15H,4,9-14H2,1-3H3,(H2,18,20,21);1H. The van der Waals surface area contributed by atoms with E-state index in [0.29, 0.717) is 12.6 Å². The van der Waals surface area contributed by atoms with Crippen LogP contribution in [-0.4, -0.2) is 73.1 Å². The number of rotatable bonds is 6. The average Bonchev–Trinajstić information content (AvgIpc) is 2.62. The van der Waals surface area contributed by atoms with Crippen molar-refractivity contribution in [2.24, 2.45) is 4.99 Å². The number of piperazine rings is 1. The summed E-state index contributed by atoms with van der Waals surface area (Å²) in [5.74, 6) is 0.828. The van der Waals surface area contributed by atoms with Crippen LogP contribution in [0.25, 0.3) is 0 Å². The second-order valence-electron chi connectivity index (χ2n) is 5.95. The molecule has 2 rings (SSSR count). The van der Waals surface area contributed by atoms with Gasteiger partial charge in [0.1, 0.15) is 0 Å². The van der Waals surface area contributed by atoms with Crippen LogP contribution < -0.4 is 10.6 Å². The van der Waals surface area contributed by atoms with E-state index in [1.165, 1.54) is 13.1 Å². The van der Waals surface area contributed by atoms with Crippen molar-refractivity contribution in [2.45, 2.75) is 26.4 Å². The van der Waals surface area contributed by atoms with E-state index < -0.39 is 0 Å². The van der Waals surface area contributed by atoms with E-state index in [4.69, 9.17) is 0 Å². The quantitative estimate of drug-likeness (QED) is 0.393. The van der Waals surface area contributed by atoms with E-state index >= 15 is 0 Å². The summed E-state index contributed by atoms with van der Waals surface area (Å²) in [4.78, 5) is 13.6. The van der Waals surface area contributed by atoms with Crippen molar-refractivity contribution in [3.05, 3.63) is 30.1 Å². The number of likely N-dealkylation sites (N-methyl/N-ethyl adjacent to an activating group) is 1. The maximum absolute atomic E-state index is 4.31. The normalized spacial score (nSPS) is 17.9. The van der Waals surface area contributed by atoms with Gasteiger partial charge in [-0.15, -0.1) is 24.0 Å². The molecule has 0 spiro atoms. The third kappa shape index (κ3) is 6.90. The van der Waals surface area contributed by atoms with Gasteiger partial charge < -0.3 is 15.5 Å². The zero-order valence-electron chi connectivity index (χ0n) is 15.0. The van der Waals surface area contributed by atoms with E-state index in [9.17, 15) is 0 Å². The van der Waals surface area contributed by atoms with Crippen LogP contribution in [0, 0.1) is 0 Å². The summed E-state index contributed by atoms with van der Waals surface area (Å²) in [6.07, 6.45) is 1.81. The molecule has 24 heavy (non-hydrogen) atoms. The molecule has 1 aliphatic rings. The molecular weight excluding hydrogens is 415 g/mol. The van der Waals surface area contributed by atoms with Crippen LogP contribution in [0.1, 0.15) is 19.5 Å². The first-order valence-corrected chi connectivity index (χ1v) is 8.53. The van der Waals surface area contributed by atoms with Gasteiger partial charge in [0.25, 0.3) is 0 Å². The Hall–Kier alpha value is -0.930. The Morgan fingerprint density at radius 3 is 2.58 bits per heavy atom. The van der Waals surface area contributed by atoms with Crippen LogP contribution in [-0.2, 0) is 6.54 Å². The predicted octanol–water partition coefficient (Wildman–Crippen LogP) is 1.39. The number of guanidine groups is 1. The Morgan fingerprint density at radius 2 is 2.00 bits per heavy atom. The molecule has 0 aromatic carbocycles. The van der Waals surface area contributed by atoms with E-state index in [2.05, 4.69) is 44.3 Å². The van der Waals surface area contributed by atoms with Gasteiger partial charge in [0, 0.05) is 52.0 Å². The number of nitrogens with zero attached hydrogens (tertiary/aromatic N) is 4. The number of nitrogens with one attached hydrogen (secondary N) is 2. The van der Waals surface area contributed by atoms with Crippen LogP contribution in [0.3, 0.4) is 0 Å². The molecule has 1 aromatic rings. The minimum Gasteiger partial charge on any atom is -0.355 e. The first kappa shape index (κ1) is 21.1. The molecule has 1 unspecified atom stereocenters. The van der Waals surface area contributed by atoms with Crippen molar-refractivity contribution < 1.29 is 0 Å². The van der Waals surface area contributed by atoms with E-state index in [0.717, 1.165) is 37.8 Å². The third-order valence-corrected chi connectivity index (χ3v) is 4.43. The Balaban J connectivity index is 0.00000288. The second kappa shape index (κ2) is 11.6. The minimum atomic E-state index is 0. The molecule has 0 saturated carbocycles. The highest BCUT2D eigenvalue weighted by Crippen LogP contribution is 2.05. The molecule has 0 amide bonds. The zero-order chi connectivity index (χ0) is 16.5. The fourth-order valence-electron chi connectivity index (χ4n) is 2.79.